The number of aliphatic hydroxyl groups excluding tert-OH is 1. The van der Waals surface area contributed by atoms with Gasteiger partial charge in [0.05, 0.1) is 20.8 Å². The Labute approximate surface area is 168 Å². The number of aromatic nitrogens is 1. The Morgan fingerprint density at radius 1 is 1.10 bits per heavy atom. The summed E-state index contributed by atoms with van der Waals surface area (Å²) in [5.74, 6) is -0.240. The van der Waals surface area contributed by atoms with Crippen molar-refractivity contribution >= 4 is 22.8 Å². The number of esters is 1. The molecule has 2 aromatic carbocycles. The molecule has 1 amide bonds. The fourth-order valence-electron chi connectivity index (χ4n) is 3.29. The first-order valence-electron chi connectivity index (χ1n) is 9.29. The number of benzene rings is 2. The third kappa shape index (κ3) is 4.57. The predicted octanol–water partition coefficient (Wildman–Crippen LogP) is 2.43. The lowest BCUT2D eigenvalue weighted by molar-refractivity contribution is -0.146. The van der Waals surface area contributed by atoms with Crippen LogP contribution in [0.1, 0.15) is 12.0 Å². The van der Waals surface area contributed by atoms with E-state index in [2.05, 4.69) is 15.0 Å². The van der Waals surface area contributed by atoms with E-state index < -0.39 is 18.6 Å². The molecule has 0 saturated heterocycles. The van der Waals surface area contributed by atoms with Crippen LogP contribution in [-0.2, 0) is 20.7 Å². The Kier molecular flexibility index (Phi) is 6.51. The number of ether oxygens (including phenoxy) is 2. The lowest BCUT2D eigenvalue weighted by Crippen LogP contribution is -2.44. The second kappa shape index (κ2) is 9.25. The number of para-hydroxylation sites is 1. The fourth-order valence-corrected chi connectivity index (χ4v) is 3.29. The van der Waals surface area contributed by atoms with E-state index in [-0.39, 0.29) is 12.3 Å². The number of hydrogen-bond acceptors (Lipinski definition) is 5. The molecule has 0 fully saturated rings. The first kappa shape index (κ1) is 20.4. The highest BCUT2D eigenvalue weighted by molar-refractivity contribution is 5.92. The number of methoxy groups -OCH3 is 2. The zero-order valence-electron chi connectivity index (χ0n) is 16.4. The lowest BCUT2D eigenvalue weighted by atomic mass is 10.0. The van der Waals surface area contributed by atoms with Crippen LogP contribution in [0.25, 0.3) is 22.2 Å². The standard InChI is InChI=1S/C22H24N2O5/c1-28-15-9-7-14(8-10-15)21-17(16-5-3-4-6-18(16)24-21)11-12-20(26)23-19(13-25)22(27)29-2/h3-10,19,24-25H,11-13H2,1-2H3,(H,23,26)/t19-/m0/s1. The summed E-state index contributed by atoms with van der Waals surface area (Å²) in [6.07, 6.45) is 0.634. The van der Waals surface area contributed by atoms with Gasteiger partial charge < -0.3 is 24.9 Å². The quantitative estimate of drug-likeness (QED) is 0.508. The van der Waals surface area contributed by atoms with Crippen molar-refractivity contribution in [3.63, 3.8) is 0 Å². The van der Waals surface area contributed by atoms with Gasteiger partial charge in [0, 0.05) is 23.0 Å². The van der Waals surface area contributed by atoms with E-state index in [1.807, 2.05) is 48.5 Å². The van der Waals surface area contributed by atoms with Crippen molar-refractivity contribution in [2.45, 2.75) is 18.9 Å². The molecule has 7 nitrogen and oxygen atoms in total. The van der Waals surface area contributed by atoms with Gasteiger partial charge in [-0.15, -0.1) is 0 Å². The molecule has 0 spiro atoms. The van der Waals surface area contributed by atoms with E-state index in [9.17, 15) is 14.7 Å². The third-order valence-corrected chi connectivity index (χ3v) is 4.80. The molecular formula is C22H24N2O5. The summed E-state index contributed by atoms with van der Waals surface area (Å²) in [5.41, 5.74) is 3.92. The van der Waals surface area contributed by atoms with Crippen LogP contribution in [0.5, 0.6) is 5.75 Å². The summed E-state index contributed by atoms with van der Waals surface area (Å²) >= 11 is 0. The molecule has 1 atom stereocenters. The Hall–Kier alpha value is -3.32. The predicted molar refractivity (Wildman–Crippen MR) is 110 cm³/mol. The molecule has 0 aliphatic rings. The minimum Gasteiger partial charge on any atom is -0.497 e. The SMILES string of the molecule is COC(=O)[C@H](CO)NC(=O)CCc1c(-c2ccc(OC)cc2)[nH]c2ccccc12. The maximum Gasteiger partial charge on any atom is 0.330 e. The van der Waals surface area contributed by atoms with Crippen LogP contribution in [0.3, 0.4) is 0 Å². The molecule has 3 rings (SSSR count). The van der Waals surface area contributed by atoms with Crippen LogP contribution in [0.2, 0.25) is 0 Å². The molecule has 152 valence electrons. The summed E-state index contributed by atoms with van der Waals surface area (Å²) in [6.45, 7) is -0.511. The van der Waals surface area contributed by atoms with Gasteiger partial charge in [-0.1, -0.05) is 18.2 Å². The molecule has 3 aromatic rings. The summed E-state index contributed by atoms with van der Waals surface area (Å²) in [5, 5.41) is 12.8. The summed E-state index contributed by atoms with van der Waals surface area (Å²) in [7, 11) is 2.83. The van der Waals surface area contributed by atoms with Crippen molar-refractivity contribution in [1.82, 2.24) is 10.3 Å². The Morgan fingerprint density at radius 2 is 1.83 bits per heavy atom. The van der Waals surface area contributed by atoms with Crippen LogP contribution in [0.15, 0.2) is 48.5 Å². The van der Waals surface area contributed by atoms with Crippen molar-refractivity contribution < 1.29 is 24.2 Å². The molecule has 7 heteroatoms. The third-order valence-electron chi connectivity index (χ3n) is 4.80. The number of aryl methyl sites for hydroxylation is 1. The van der Waals surface area contributed by atoms with Gasteiger partial charge in [0.1, 0.15) is 5.75 Å². The molecule has 0 bridgehead atoms. The molecule has 0 unspecified atom stereocenters. The molecule has 0 radical (unpaired) electrons. The number of amides is 1. The largest absolute Gasteiger partial charge is 0.497 e. The average molecular weight is 396 g/mol. The van der Waals surface area contributed by atoms with Gasteiger partial charge in [-0.3, -0.25) is 4.79 Å². The van der Waals surface area contributed by atoms with Crippen LogP contribution in [0.4, 0.5) is 0 Å². The van der Waals surface area contributed by atoms with E-state index >= 15 is 0 Å². The number of aromatic amines is 1. The van der Waals surface area contributed by atoms with Gasteiger partial charge in [0.15, 0.2) is 6.04 Å². The molecular weight excluding hydrogens is 372 g/mol. The number of nitrogens with one attached hydrogen (secondary N) is 2. The summed E-state index contributed by atoms with van der Waals surface area (Å²) in [4.78, 5) is 27.3. The zero-order chi connectivity index (χ0) is 20.8. The molecule has 0 aliphatic heterocycles. The highest BCUT2D eigenvalue weighted by Gasteiger charge is 2.21. The maximum atomic E-state index is 12.3. The summed E-state index contributed by atoms with van der Waals surface area (Å²) < 4.78 is 9.81. The molecule has 1 heterocycles. The highest BCUT2D eigenvalue weighted by Crippen LogP contribution is 2.32. The molecule has 0 aliphatic carbocycles. The van der Waals surface area contributed by atoms with Gasteiger partial charge in [-0.25, -0.2) is 4.79 Å². The number of carbonyl (C=O) groups is 2. The van der Waals surface area contributed by atoms with Crippen molar-refractivity contribution in [2.75, 3.05) is 20.8 Å². The van der Waals surface area contributed by atoms with Crippen LogP contribution < -0.4 is 10.1 Å². The van der Waals surface area contributed by atoms with Gasteiger partial charge in [-0.2, -0.15) is 0 Å². The van der Waals surface area contributed by atoms with E-state index in [1.54, 1.807) is 7.11 Å². The van der Waals surface area contributed by atoms with E-state index in [4.69, 9.17) is 4.74 Å². The summed E-state index contributed by atoms with van der Waals surface area (Å²) in [6, 6.07) is 14.6. The smallest absolute Gasteiger partial charge is 0.330 e. The van der Waals surface area contributed by atoms with Gasteiger partial charge >= 0.3 is 5.97 Å². The van der Waals surface area contributed by atoms with Gasteiger partial charge in [0.25, 0.3) is 0 Å². The number of rotatable bonds is 8. The number of hydrogen-bond donors (Lipinski definition) is 3. The average Bonchev–Trinajstić information content (AvgIpc) is 3.14. The van der Waals surface area contributed by atoms with Crippen molar-refractivity contribution in [3.05, 3.63) is 54.1 Å². The number of fused-ring (bicyclic) bond motifs is 1. The Bertz CT molecular complexity index is 994. The topological polar surface area (TPSA) is 101 Å². The fraction of sp³-hybridized carbons (Fsp3) is 0.273. The number of carbonyl (C=O) groups excluding carboxylic acids is 2. The second-order valence-electron chi connectivity index (χ2n) is 6.58. The highest BCUT2D eigenvalue weighted by atomic mass is 16.5. The van der Waals surface area contributed by atoms with Crippen LogP contribution >= 0.6 is 0 Å². The molecule has 1 aromatic heterocycles. The second-order valence-corrected chi connectivity index (χ2v) is 6.58. The van der Waals surface area contributed by atoms with Crippen LogP contribution in [0, 0.1) is 0 Å². The lowest BCUT2D eigenvalue weighted by Gasteiger charge is -2.14. The zero-order valence-corrected chi connectivity index (χ0v) is 16.4. The van der Waals surface area contributed by atoms with E-state index in [1.165, 1.54) is 7.11 Å². The number of aliphatic hydroxyl groups is 1. The minimum absolute atomic E-state index is 0.165. The van der Waals surface area contributed by atoms with Gasteiger partial charge in [0.2, 0.25) is 5.91 Å². The van der Waals surface area contributed by atoms with E-state index in [0.29, 0.717) is 6.42 Å². The van der Waals surface area contributed by atoms with Gasteiger partial charge in [-0.05, 0) is 47.9 Å². The van der Waals surface area contributed by atoms with E-state index in [0.717, 1.165) is 33.5 Å². The molecule has 0 saturated carbocycles. The normalized spacial score (nSPS) is 11.8. The Morgan fingerprint density at radius 3 is 2.48 bits per heavy atom. The monoisotopic (exact) mass is 396 g/mol. The van der Waals surface area contributed by atoms with Crippen molar-refractivity contribution in [2.24, 2.45) is 0 Å². The van der Waals surface area contributed by atoms with Crippen molar-refractivity contribution in [3.8, 4) is 17.0 Å². The first-order chi connectivity index (χ1) is 14.1. The Balaban J connectivity index is 1.84. The molecule has 3 N–H and O–H groups in total. The maximum absolute atomic E-state index is 12.3. The molecule has 29 heavy (non-hydrogen) atoms. The number of H-pyrrole nitrogens is 1. The minimum atomic E-state index is -1.06. The first-order valence-corrected chi connectivity index (χ1v) is 9.29. The van der Waals surface area contributed by atoms with Crippen molar-refractivity contribution in [1.29, 1.82) is 0 Å². The van der Waals surface area contributed by atoms with Crippen LogP contribution in [-0.4, -0.2) is 48.8 Å².